The molecule has 0 atom stereocenters. The van der Waals surface area contributed by atoms with Gasteiger partial charge in [-0.15, -0.1) is 0 Å². The molecular weight excluding hydrogens is 379 g/mol. The Bertz CT molecular complexity index is 293. The number of ether oxygens (including phenoxy) is 1. The van der Waals surface area contributed by atoms with E-state index in [1.807, 2.05) is 0 Å². The Morgan fingerprint density at radius 1 is 0.625 bits per heavy atom. The first-order valence-electron chi connectivity index (χ1n) is 9.88. The van der Waals surface area contributed by atoms with Crippen molar-refractivity contribution in [1.82, 2.24) is 0 Å². The number of carbonyl (C=O) groups excluding carboxylic acids is 2. The van der Waals surface area contributed by atoms with Gasteiger partial charge in [-0.25, -0.2) is 0 Å². The van der Waals surface area contributed by atoms with Gasteiger partial charge in [0.1, 0.15) is 0 Å². The molecular formula is C20H38O3Zr. The van der Waals surface area contributed by atoms with Crippen molar-refractivity contribution in [2.24, 2.45) is 0 Å². The standard InChI is InChI=1S/C20H38O3.Zr/c1-3-4-5-6-7-8-9-10-11-12-13-14-15-16-17-18-20(22)23-19(2)21;/h3-18H2,1-2H3;. The largest absolute Gasteiger partial charge is 0.393 e. The summed E-state index contributed by atoms with van der Waals surface area (Å²) in [5, 5.41) is 0. The number of esters is 2. The van der Waals surface area contributed by atoms with Gasteiger partial charge in [0.2, 0.25) is 0 Å². The van der Waals surface area contributed by atoms with E-state index in [2.05, 4.69) is 11.7 Å². The van der Waals surface area contributed by atoms with Gasteiger partial charge in [-0.05, 0) is 6.42 Å². The van der Waals surface area contributed by atoms with Crippen LogP contribution < -0.4 is 0 Å². The molecule has 3 nitrogen and oxygen atoms in total. The van der Waals surface area contributed by atoms with Crippen LogP contribution in [0.5, 0.6) is 0 Å². The Morgan fingerprint density at radius 3 is 1.29 bits per heavy atom. The Kier molecular flexibility index (Phi) is 23.0. The Morgan fingerprint density at radius 2 is 0.958 bits per heavy atom. The van der Waals surface area contributed by atoms with E-state index < -0.39 is 5.97 Å². The Balaban J connectivity index is 0. The van der Waals surface area contributed by atoms with E-state index in [0.29, 0.717) is 6.42 Å². The fourth-order valence-electron chi connectivity index (χ4n) is 2.85. The second-order valence-electron chi connectivity index (χ2n) is 6.67. The summed E-state index contributed by atoms with van der Waals surface area (Å²) in [7, 11) is 0. The third-order valence-corrected chi connectivity index (χ3v) is 4.24. The van der Waals surface area contributed by atoms with Gasteiger partial charge in [-0.3, -0.25) is 9.59 Å². The van der Waals surface area contributed by atoms with E-state index in [0.717, 1.165) is 12.8 Å². The first-order valence-corrected chi connectivity index (χ1v) is 9.88. The molecule has 0 unspecified atom stereocenters. The van der Waals surface area contributed by atoms with Crippen molar-refractivity contribution in [2.75, 3.05) is 0 Å². The molecule has 0 fully saturated rings. The monoisotopic (exact) mass is 416 g/mol. The van der Waals surface area contributed by atoms with Crippen molar-refractivity contribution >= 4 is 11.9 Å². The predicted octanol–water partition coefficient (Wildman–Crippen LogP) is 6.34. The SMILES string of the molecule is CCCCCCCCCCCCCCCCCC(=O)OC(C)=O.[Zr]. The fraction of sp³-hybridized carbons (Fsp3) is 0.900. The fourth-order valence-corrected chi connectivity index (χ4v) is 2.85. The van der Waals surface area contributed by atoms with Crippen molar-refractivity contribution in [3.63, 3.8) is 0 Å². The average molecular weight is 418 g/mol. The van der Waals surface area contributed by atoms with Crippen molar-refractivity contribution in [1.29, 1.82) is 0 Å². The molecule has 0 aliphatic rings. The number of unbranched alkanes of at least 4 members (excludes halogenated alkanes) is 14. The number of hydrogen-bond donors (Lipinski definition) is 0. The van der Waals surface area contributed by atoms with Crippen LogP contribution >= 0.6 is 0 Å². The molecule has 0 N–H and O–H groups in total. The van der Waals surface area contributed by atoms with Crippen molar-refractivity contribution in [2.45, 2.75) is 117 Å². The predicted molar refractivity (Wildman–Crippen MR) is 96.3 cm³/mol. The second kappa shape index (κ2) is 21.1. The van der Waals surface area contributed by atoms with Gasteiger partial charge in [-0.1, -0.05) is 96.8 Å². The maximum Gasteiger partial charge on any atom is 0.313 e. The minimum atomic E-state index is -0.504. The van der Waals surface area contributed by atoms with E-state index in [1.54, 1.807) is 0 Å². The van der Waals surface area contributed by atoms with Crippen LogP contribution in [0.4, 0.5) is 0 Å². The smallest absolute Gasteiger partial charge is 0.313 e. The van der Waals surface area contributed by atoms with Crippen LogP contribution in [-0.2, 0) is 40.5 Å². The van der Waals surface area contributed by atoms with Crippen LogP contribution in [-0.4, -0.2) is 11.9 Å². The molecule has 0 heterocycles. The maximum absolute atomic E-state index is 11.1. The summed E-state index contributed by atoms with van der Waals surface area (Å²) in [4.78, 5) is 21.7. The molecule has 0 aromatic carbocycles. The normalized spacial score (nSPS) is 10.2. The average Bonchev–Trinajstić information content (AvgIpc) is 2.50. The summed E-state index contributed by atoms with van der Waals surface area (Å²) >= 11 is 0. The van der Waals surface area contributed by atoms with Gasteiger partial charge in [0.15, 0.2) is 0 Å². The van der Waals surface area contributed by atoms with Crippen LogP contribution in [0.15, 0.2) is 0 Å². The number of rotatable bonds is 16. The van der Waals surface area contributed by atoms with E-state index in [1.165, 1.54) is 90.4 Å². The summed E-state index contributed by atoms with van der Waals surface area (Å²) in [6.07, 6.45) is 20.0. The summed E-state index contributed by atoms with van der Waals surface area (Å²) < 4.78 is 4.49. The van der Waals surface area contributed by atoms with Gasteiger partial charge >= 0.3 is 11.9 Å². The molecule has 0 rings (SSSR count). The molecule has 140 valence electrons. The quantitative estimate of drug-likeness (QED) is 0.167. The van der Waals surface area contributed by atoms with Gasteiger partial charge < -0.3 is 4.74 Å². The molecule has 0 aliphatic heterocycles. The van der Waals surface area contributed by atoms with E-state index >= 15 is 0 Å². The zero-order valence-electron chi connectivity index (χ0n) is 16.0. The molecule has 4 heteroatoms. The van der Waals surface area contributed by atoms with Gasteiger partial charge in [0, 0.05) is 39.5 Å². The molecule has 0 saturated carbocycles. The minimum absolute atomic E-state index is 0. The molecule has 0 aromatic rings. The molecule has 0 saturated heterocycles. The first kappa shape index (κ1) is 26.3. The first-order chi connectivity index (χ1) is 11.2. The van der Waals surface area contributed by atoms with Crippen LogP contribution in [0.3, 0.4) is 0 Å². The van der Waals surface area contributed by atoms with Gasteiger partial charge in [0.25, 0.3) is 0 Å². The third-order valence-electron chi connectivity index (χ3n) is 4.24. The molecule has 24 heavy (non-hydrogen) atoms. The summed E-state index contributed by atoms with van der Waals surface area (Å²) in [5.74, 6) is -0.886. The summed E-state index contributed by atoms with van der Waals surface area (Å²) in [6, 6.07) is 0. The molecule has 0 radical (unpaired) electrons. The van der Waals surface area contributed by atoms with Crippen LogP contribution in [0.1, 0.15) is 117 Å². The van der Waals surface area contributed by atoms with Crippen molar-refractivity contribution in [3.05, 3.63) is 0 Å². The van der Waals surface area contributed by atoms with Crippen LogP contribution in [0.2, 0.25) is 0 Å². The van der Waals surface area contributed by atoms with E-state index in [4.69, 9.17) is 0 Å². The minimum Gasteiger partial charge on any atom is -0.393 e. The van der Waals surface area contributed by atoms with Crippen LogP contribution in [0.25, 0.3) is 0 Å². The van der Waals surface area contributed by atoms with Crippen LogP contribution in [0, 0.1) is 0 Å². The topological polar surface area (TPSA) is 43.4 Å². The third kappa shape index (κ3) is 22.0. The number of hydrogen-bond acceptors (Lipinski definition) is 3. The van der Waals surface area contributed by atoms with Crippen molar-refractivity contribution < 1.29 is 40.5 Å². The second-order valence-corrected chi connectivity index (χ2v) is 6.67. The van der Waals surface area contributed by atoms with Gasteiger partial charge in [0.05, 0.1) is 0 Å². The molecule has 0 spiro atoms. The zero-order chi connectivity index (χ0) is 17.2. The Hall–Kier alpha value is 0.0231. The maximum atomic E-state index is 11.1. The summed E-state index contributed by atoms with van der Waals surface area (Å²) in [5.41, 5.74) is 0. The molecule has 0 bridgehead atoms. The zero-order valence-corrected chi connectivity index (χ0v) is 18.5. The van der Waals surface area contributed by atoms with E-state index in [9.17, 15) is 9.59 Å². The summed E-state index contributed by atoms with van der Waals surface area (Å²) in [6.45, 7) is 3.53. The Labute approximate surface area is 168 Å². The molecule has 0 aliphatic carbocycles. The van der Waals surface area contributed by atoms with Gasteiger partial charge in [-0.2, -0.15) is 0 Å². The molecule has 0 amide bonds. The van der Waals surface area contributed by atoms with Crippen molar-refractivity contribution in [3.8, 4) is 0 Å². The number of carbonyl (C=O) groups is 2. The van der Waals surface area contributed by atoms with E-state index in [-0.39, 0.29) is 32.2 Å². The molecule has 0 aromatic heterocycles.